The molecular weight excluding hydrogens is 1820 g/mol. The molecule has 10 heteroatoms. The molecule has 0 heterocycles. The Hall–Kier alpha value is -7.14. The summed E-state index contributed by atoms with van der Waals surface area (Å²) in [5.74, 6) is 33.1. The molecule has 0 aliphatic rings. The molecule has 0 radical (unpaired) electrons. The SMILES string of the molecule is CCCCCCCCCCCCCCCCCCOc1cc(C#Cc2cc(OCCCCCCCC)c(C=O)cc2OCCCCCCCC)c(OCCCCCCCCCCCCCCCCCC)cc1C#CC#Cc1cc(OCCCCCCCCCCCCCCCCCC)c(C#Cc2cc(OCCCCCCCC)c(C=O)cc2OCCCCCCCC)cc1OCCCCCCCCCCCCCCCCCC. The number of carbonyl (C=O) groups is 2. The third-order valence-electron chi connectivity index (χ3n) is 29.8. The van der Waals surface area contributed by atoms with E-state index >= 15 is 0 Å². The van der Waals surface area contributed by atoms with Crippen LogP contribution in [0.1, 0.15) is 675 Å². The van der Waals surface area contributed by atoms with Crippen molar-refractivity contribution in [2.45, 2.75) is 620 Å². The number of aldehydes is 2. The number of hydrogen-bond acceptors (Lipinski definition) is 10. The molecule has 838 valence electrons. The molecule has 0 unspecified atom stereocenters. The normalized spacial score (nSPS) is 11.1. The first-order valence-electron chi connectivity index (χ1n) is 64.0. The molecule has 0 amide bonds. The van der Waals surface area contributed by atoms with Crippen LogP contribution in [0.3, 0.4) is 0 Å². The number of unbranched alkanes of at least 4 members (excludes halogenated alkanes) is 80. The van der Waals surface area contributed by atoms with Crippen LogP contribution < -0.4 is 37.9 Å². The highest BCUT2D eigenvalue weighted by Crippen LogP contribution is 2.36. The molecule has 0 atom stereocenters. The summed E-state index contributed by atoms with van der Waals surface area (Å²) in [6.45, 7) is 22.4. The van der Waals surface area contributed by atoms with Gasteiger partial charge in [-0.1, -0.05) is 593 Å². The molecule has 0 saturated heterocycles. The lowest BCUT2D eigenvalue weighted by atomic mass is 10.0. The average Bonchev–Trinajstić information content (AvgIpc) is 0.812. The molecule has 4 aromatic rings. The molecule has 148 heavy (non-hydrogen) atoms. The predicted octanol–water partition coefficient (Wildman–Crippen LogP) is 43.0. The molecular formula is C138H226O10. The zero-order chi connectivity index (χ0) is 106. The van der Waals surface area contributed by atoms with Crippen LogP contribution in [0.2, 0.25) is 0 Å². The fourth-order valence-corrected chi connectivity index (χ4v) is 20.1. The Morgan fingerprint density at radius 2 is 0.250 bits per heavy atom. The van der Waals surface area contributed by atoms with Crippen molar-refractivity contribution in [2.75, 3.05) is 52.9 Å². The molecule has 4 aromatic carbocycles. The lowest BCUT2D eigenvalue weighted by Crippen LogP contribution is -2.04. The number of benzene rings is 4. The summed E-state index contributed by atoms with van der Waals surface area (Å²) in [6, 6.07) is 15.7. The summed E-state index contributed by atoms with van der Waals surface area (Å²) in [7, 11) is 0. The maximum absolute atomic E-state index is 13.0. The van der Waals surface area contributed by atoms with E-state index < -0.39 is 0 Å². The van der Waals surface area contributed by atoms with E-state index in [1.807, 2.05) is 48.5 Å². The highest BCUT2D eigenvalue weighted by molar-refractivity contribution is 5.82. The quantitative estimate of drug-likeness (QED) is 0.0241. The molecule has 0 fully saturated rings. The Morgan fingerprint density at radius 1 is 0.142 bits per heavy atom. The van der Waals surface area contributed by atoms with E-state index in [1.54, 1.807) is 0 Å². The fourth-order valence-electron chi connectivity index (χ4n) is 20.1. The van der Waals surface area contributed by atoms with E-state index in [0.29, 0.717) is 143 Å². The minimum Gasteiger partial charge on any atom is -0.493 e. The van der Waals surface area contributed by atoms with Crippen LogP contribution in [0.5, 0.6) is 46.0 Å². The van der Waals surface area contributed by atoms with Gasteiger partial charge in [-0.25, -0.2) is 0 Å². The Labute approximate surface area is 913 Å². The predicted molar refractivity (Wildman–Crippen MR) is 638 cm³/mol. The van der Waals surface area contributed by atoms with E-state index in [9.17, 15) is 9.59 Å². The summed E-state index contributed by atoms with van der Waals surface area (Å²) in [5, 5.41) is 0. The van der Waals surface area contributed by atoms with Crippen LogP contribution in [0, 0.1) is 47.4 Å². The molecule has 0 aromatic heterocycles. The largest absolute Gasteiger partial charge is 0.493 e. The van der Waals surface area contributed by atoms with Gasteiger partial charge in [-0.3, -0.25) is 9.59 Å². The van der Waals surface area contributed by atoms with Crippen LogP contribution in [-0.2, 0) is 0 Å². The molecule has 0 bridgehead atoms. The van der Waals surface area contributed by atoms with Gasteiger partial charge < -0.3 is 37.9 Å². The summed E-state index contributed by atoms with van der Waals surface area (Å²) in [4.78, 5) is 26.1. The number of carbonyl (C=O) groups excluding carboxylic acids is 2. The van der Waals surface area contributed by atoms with Crippen LogP contribution >= 0.6 is 0 Å². The maximum atomic E-state index is 13.0. The fraction of sp³-hybridized carbons (Fsp3) is 0.754. The van der Waals surface area contributed by atoms with Gasteiger partial charge in [-0.15, -0.1) is 0 Å². The molecule has 0 aliphatic carbocycles. The van der Waals surface area contributed by atoms with Crippen molar-refractivity contribution < 1.29 is 47.5 Å². The molecule has 0 aliphatic heterocycles. The minimum atomic E-state index is 0.468. The van der Waals surface area contributed by atoms with Gasteiger partial charge in [0.1, 0.15) is 46.0 Å². The summed E-state index contributed by atoms with van der Waals surface area (Å²) >= 11 is 0. The van der Waals surface area contributed by atoms with E-state index in [2.05, 4.69) is 103 Å². The Balaban J connectivity index is 1.94. The summed E-state index contributed by atoms with van der Waals surface area (Å²) in [6.07, 6.45) is 112. The van der Waals surface area contributed by atoms with E-state index in [-0.39, 0.29) is 0 Å². The lowest BCUT2D eigenvalue weighted by Gasteiger charge is -2.15. The van der Waals surface area contributed by atoms with E-state index in [1.165, 1.54) is 462 Å². The van der Waals surface area contributed by atoms with Crippen molar-refractivity contribution in [3.63, 3.8) is 0 Å². The van der Waals surface area contributed by atoms with Crippen molar-refractivity contribution in [1.82, 2.24) is 0 Å². The van der Waals surface area contributed by atoms with Crippen molar-refractivity contribution in [2.24, 2.45) is 0 Å². The lowest BCUT2D eigenvalue weighted by molar-refractivity contribution is 0.111. The Bertz CT molecular complexity index is 3770. The van der Waals surface area contributed by atoms with Gasteiger partial charge in [0.2, 0.25) is 0 Å². The Morgan fingerprint density at radius 3 is 0.385 bits per heavy atom. The Kier molecular flexibility index (Phi) is 91.5. The van der Waals surface area contributed by atoms with Crippen molar-refractivity contribution >= 4 is 12.6 Å². The van der Waals surface area contributed by atoms with Gasteiger partial charge in [-0.05, 0) is 87.2 Å². The van der Waals surface area contributed by atoms with Crippen LogP contribution in [0.4, 0.5) is 0 Å². The zero-order valence-electron chi connectivity index (χ0n) is 97.7. The first-order chi connectivity index (χ1) is 73.3. The third kappa shape index (κ3) is 73.2. The molecule has 0 N–H and O–H groups in total. The average molecular weight is 2050 g/mol. The van der Waals surface area contributed by atoms with Crippen molar-refractivity contribution in [3.8, 4) is 93.4 Å². The maximum Gasteiger partial charge on any atom is 0.153 e. The first kappa shape index (κ1) is 133. The van der Waals surface area contributed by atoms with Crippen LogP contribution in [0.25, 0.3) is 0 Å². The van der Waals surface area contributed by atoms with Gasteiger partial charge in [-0.2, -0.15) is 0 Å². The highest BCUT2D eigenvalue weighted by atomic mass is 16.5. The molecule has 10 nitrogen and oxygen atoms in total. The van der Waals surface area contributed by atoms with Crippen molar-refractivity contribution in [1.29, 1.82) is 0 Å². The van der Waals surface area contributed by atoms with Gasteiger partial charge in [0.05, 0.1) is 97.4 Å². The molecule has 4 rings (SSSR count). The molecule has 0 spiro atoms. The highest BCUT2D eigenvalue weighted by Gasteiger charge is 2.19. The second-order valence-electron chi connectivity index (χ2n) is 43.8. The third-order valence-corrected chi connectivity index (χ3v) is 29.8. The van der Waals surface area contributed by atoms with Gasteiger partial charge in [0.15, 0.2) is 12.6 Å². The van der Waals surface area contributed by atoms with Gasteiger partial charge >= 0.3 is 0 Å². The smallest absolute Gasteiger partial charge is 0.153 e. The second-order valence-corrected chi connectivity index (χ2v) is 43.8. The standard InChI is InChI=1S/C138H226O10/c1-9-17-25-33-41-45-49-53-57-61-65-69-73-77-85-95-105-141-131-115-125(101-103-127-117-137(147-111-93-83-39-31-23-15-7)129(121-139)119-135(127)145-109-91-81-37-29-21-13-5)133(143-107-97-87-79-75-71-67-63-59-55-51-47-43-35-27-19-11-3)113-123(131)99-89-90-100-124-114-134(144-108-98-88-80-76-72-68-64-60-56-52-48-44-36-28-20-12-4)126(116-132(124)142-106-96-86-78-74-70-66-62-58-54-50-46-42-34-26-18-10-2)102-104-128-118-138(148-112-94-84-40-32-24-16-8)130(122-140)120-136(128)146-110-92-82-38-30-22-14-6/h113-122H,9-88,91-98,105-112H2,1-8H3. The van der Waals surface area contributed by atoms with Crippen molar-refractivity contribution in [3.05, 3.63) is 93.0 Å². The monoisotopic (exact) mass is 2040 g/mol. The number of hydrogen-bond donors (Lipinski definition) is 0. The minimum absolute atomic E-state index is 0.468. The van der Waals surface area contributed by atoms with E-state index in [4.69, 9.17) is 37.9 Å². The molecule has 0 saturated carbocycles. The van der Waals surface area contributed by atoms with E-state index in [0.717, 1.165) is 115 Å². The van der Waals surface area contributed by atoms with Crippen LogP contribution in [-0.4, -0.2) is 65.4 Å². The zero-order valence-corrected chi connectivity index (χ0v) is 97.7. The van der Waals surface area contributed by atoms with Crippen LogP contribution in [0.15, 0.2) is 48.5 Å². The summed E-state index contributed by atoms with van der Waals surface area (Å²) in [5.41, 5.74) is 5.02. The first-order valence-corrected chi connectivity index (χ1v) is 64.0. The summed E-state index contributed by atoms with van der Waals surface area (Å²) < 4.78 is 54.5. The second kappa shape index (κ2) is 102. The van der Waals surface area contributed by atoms with Gasteiger partial charge in [0.25, 0.3) is 0 Å². The topological polar surface area (TPSA) is 108 Å². The number of ether oxygens (including phenoxy) is 8. The number of rotatable bonds is 106. The van der Waals surface area contributed by atoms with Gasteiger partial charge in [0, 0.05) is 36.4 Å².